The number of amides is 1. The highest BCUT2D eigenvalue weighted by atomic mass is 79.9. The van der Waals surface area contributed by atoms with E-state index in [1.807, 2.05) is 79.7 Å². The molecule has 0 aliphatic carbocycles. The van der Waals surface area contributed by atoms with Crippen LogP contribution in [0.5, 0.6) is 0 Å². The first-order valence-corrected chi connectivity index (χ1v) is 10.3. The van der Waals surface area contributed by atoms with E-state index in [1.165, 1.54) is 11.8 Å². The van der Waals surface area contributed by atoms with Crippen molar-refractivity contribution >= 4 is 55.8 Å². The van der Waals surface area contributed by atoms with Gasteiger partial charge in [-0.1, -0.05) is 52.3 Å². The Kier molecular flexibility index (Phi) is 5.41. The highest BCUT2D eigenvalue weighted by Crippen LogP contribution is 2.40. The summed E-state index contributed by atoms with van der Waals surface area (Å²) in [4.78, 5) is 24.6. The molecule has 1 saturated heterocycles. The van der Waals surface area contributed by atoms with Gasteiger partial charge in [-0.15, -0.1) is 0 Å². The van der Waals surface area contributed by atoms with Crippen LogP contribution in [0.1, 0.15) is 12.5 Å². The number of benzene rings is 2. The number of halogens is 1. The van der Waals surface area contributed by atoms with E-state index in [2.05, 4.69) is 25.9 Å². The zero-order valence-corrected chi connectivity index (χ0v) is 17.4. The summed E-state index contributed by atoms with van der Waals surface area (Å²) in [6.45, 7) is 1.97. The molecule has 2 heterocycles. The van der Waals surface area contributed by atoms with Gasteiger partial charge in [-0.25, -0.2) is 9.98 Å². The maximum atomic E-state index is 13.3. The van der Waals surface area contributed by atoms with Gasteiger partial charge in [0.25, 0.3) is 5.91 Å². The predicted octanol–water partition coefficient (Wildman–Crippen LogP) is 6.04. The first-order valence-electron chi connectivity index (χ1n) is 8.67. The molecule has 0 saturated carbocycles. The van der Waals surface area contributed by atoms with Gasteiger partial charge in [0.05, 0.1) is 10.6 Å². The van der Waals surface area contributed by atoms with Gasteiger partial charge in [0, 0.05) is 10.7 Å². The second-order valence-corrected chi connectivity index (χ2v) is 8.01. The van der Waals surface area contributed by atoms with Crippen LogP contribution in [0.15, 0.2) is 93.4 Å². The molecule has 1 fully saturated rings. The van der Waals surface area contributed by atoms with Crippen LogP contribution in [0.25, 0.3) is 5.57 Å². The molecule has 138 valence electrons. The lowest BCUT2D eigenvalue weighted by Crippen LogP contribution is -2.28. The molecule has 4 nitrogen and oxygen atoms in total. The minimum atomic E-state index is -0.0775. The molecule has 0 radical (unpaired) electrons. The Morgan fingerprint density at radius 1 is 1.00 bits per heavy atom. The van der Waals surface area contributed by atoms with E-state index in [4.69, 9.17) is 0 Å². The fourth-order valence-electron chi connectivity index (χ4n) is 2.83. The summed E-state index contributed by atoms with van der Waals surface area (Å²) in [6.07, 6.45) is 1.69. The molecule has 6 heteroatoms. The summed E-state index contributed by atoms with van der Waals surface area (Å²) in [7, 11) is 0. The number of thioether (sulfide) groups is 1. The molecule has 0 unspecified atom stereocenters. The largest absolute Gasteiger partial charge is 0.271 e. The molecule has 28 heavy (non-hydrogen) atoms. The van der Waals surface area contributed by atoms with Gasteiger partial charge in [-0.05, 0) is 66.2 Å². The van der Waals surface area contributed by atoms with Gasteiger partial charge < -0.3 is 0 Å². The number of para-hydroxylation sites is 1. The lowest BCUT2D eigenvalue weighted by Gasteiger charge is -2.15. The number of nitrogens with zero attached hydrogens (tertiary/aromatic N) is 3. The van der Waals surface area contributed by atoms with E-state index in [-0.39, 0.29) is 5.91 Å². The maximum Gasteiger partial charge on any atom is 0.271 e. The summed E-state index contributed by atoms with van der Waals surface area (Å²) in [5.41, 5.74) is 2.72. The van der Waals surface area contributed by atoms with Crippen molar-refractivity contribution in [3.05, 3.63) is 93.9 Å². The van der Waals surface area contributed by atoms with Gasteiger partial charge in [0.1, 0.15) is 0 Å². The molecule has 0 spiro atoms. The van der Waals surface area contributed by atoms with E-state index in [9.17, 15) is 4.79 Å². The molecular formula is C22H16BrN3OS. The average Bonchev–Trinajstić information content (AvgIpc) is 3.05. The summed E-state index contributed by atoms with van der Waals surface area (Å²) in [6, 6.07) is 23.1. The van der Waals surface area contributed by atoms with Gasteiger partial charge in [-0.3, -0.25) is 9.69 Å². The molecule has 0 N–H and O–H groups in total. The first kappa shape index (κ1) is 18.7. The number of aromatic nitrogens is 1. The van der Waals surface area contributed by atoms with Crippen molar-refractivity contribution in [2.45, 2.75) is 6.92 Å². The Balaban J connectivity index is 1.81. The van der Waals surface area contributed by atoms with E-state index in [1.54, 1.807) is 11.1 Å². The molecule has 1 aliphatic rings. The second-order valence-electron chi connectivity index (χ2n) is 6.12. The zero-order chi connectivity index (χ0) is 19.5. The molecule has 4 rings (SSSR count). The number of carbonyl (C=O) groups is 1. The number of carbonyl (C=O) groups excluding carboxylic acids is 1. The Morgan fingerprint density at radius 2 is 1.71 bits per heavy atom. The molecule has 1 aliphatic heterocycles. The SMILES string of the molecule is C/C(=C1/S/C(=N/c2ccccn2)N(c2ccccc2)C1=O)c1ccc(Br)cc1. The van der Waals surface area contributed by atoms with Crippen molar-refractivity contribution in [1.29, 1.82) is 0 Å². The minimum absolute atomic E-state index is 0.0775. The molecule has 1 amide bonds. The Bertz CT molecular complexity index is 1060. The molecule has 0 atom stereocenters. The number of pyridine rings is 1. The minimum Gasteiger partial charge on any atom is -0.268 e. The van der Waals surface area contributed by atoms with E-state index < -0.39 is 0 Å². The third kappa shape index (κ3) is 3.79. The first-order chi connectivity index (χ1) is 13.6. The normalized spacial score (nSPS) is 17.3. The van der Waals surface area contributed by atoms with Gasteiger partial charge in [0.2, 0.25) is 0 Å². The van der Waals surface area contributed by atoms with Crippen molar-refractivity contribution in [3.8, 4) is 0 Å². The smallest absolute Gasteiger partial charge is 0.268 e. The number of amidine groups is 1. The number of hydrogen-bond donors (Lipinski definition) is 0. The molecule has 1 aromatic heterocycles. The van der Waals surface area contributed by atoms with Gasteiger partial charge in [-0.2, -0.15) is 0 Å². The zero-order valence-electron chi connectivity index (χ0n) is 15.0. The monoisotopic (exact) mass is 449 g/mol. The lowest BCUT2D eigenvalue weighted by molar-refractivity contribution is -0.113. The van der Waals surface area contributed by atoms with Gasteiger partial charge in [0.15, 0.2) is 11.0 Å². The van der Waals surface area contributed by atoms with Crippen LogP contribution in [0, 0.1) is 0 Å². The molecular weight excluding hydrogens is 434 g/mol. The Morgan fingerprint density at radius 3 is 2.39 bits per heavy atom. The highest BCUT2D eigenvalue weighted by molar-refractivity contribution is 9.10. The Labute approximate surface area is 176 Å². The van der Waals surface area contributed by atoms with Crippen molar-refractivity contribution < 1.29 is 4.79 Å². The van der Waals surface area contributed by atoms with Crippen LogP contribution in [0.3, 0.4) is 0 Å². The van der Waals surface area contributed by atoms with Crippen molar-refractivity contribution in [1.82, 2.24) is 4.98 Å². The van der Waals surface area contributed by atoms with Gasteiger partial charge >= 0.3 is 0 Å². The summed E-state index contributed by atoms with van der Waals surface area (Å²) >= 11 is 4.83. The van der Waals surface area contributed by atoms with E-state index in [0.717, 1.165) is 21.3 Å². The number of anilines is 1. The molecule has 2 aromatic carbocycles. The van der Waals surface area contributed by atoms with Crippen molar-refractivity contribution in [3.63, 3.8) is 0 Å². The summed E-state index contributed by atoms with van der Waals surface area (Å²) in [5.74, 6) is 0.493. The fourth-order valence-corrected chi connectivity index (χ4v) is 4.15. The summed E-state index contributed by atoms with van der Waals surface area (Å²) in [5, 5.41) is 0.598. The van der Waals surface area contributed by atoms with Crippen molar-refractivity contribution in [2.24, 2.45) is 4.99 Å². The Hall–Kier alpha value is -2.70. The number of allylic oxidation sites excluding steroid dienone is 1. The second kappa shape index (κ2) is 8.12. The van der Waals surface area contributed by atoms with E-state index >= 15 is 0 Å². The number of aliphatic imine (C=N–C) groups is 1. The highest BCUT2D eigenvalue weighted by Gasteiger charge is 2.36. The fraction of sp³-hybridized carbons (Fsp3) is 0.0455. The predicted molar refractivity (Wildman–Crippen MR) is 120 cm³/mol. The van der Waals surface area contributed by atoms with Crippen LogP contribution < -0.4 is 4.90 Å². The maximum absolute atomic E-state index is 13.3. The van der Waals surface area contributed by atoms with Crippen LogP contribution in [-0.4, -0.2) is 16.1 Å². The van der Waals surface area contributed by atoms with Crippen LogP contribution in [-0.2, 0) is 4.79 Å². The van der Waals surface area contributed by atoms with E-state index in [0.29, 0.717) is 15.9 Å². The lowest BCUT2D eigenvalue weighted by atomic mass is 10.1. The third-order valence-electron chi connectivity index (χ3n) is 4.27. The topological polar surface area (TPSA) is 45.6 Å². The van der Waals surface area contributed by atoms with Crippen molar-refractivity contribution in [2.75, 3.05) is 4.90 Å². The van der Waals surface area contributed by atoms with Crippen LogP contribution >= 0.6 is 27.7 Å². The molecule has 0 bridgehead atoms. The van der Waals surface area contributed by atoms with Crippen LogP contribution in [0.4, 0.5) is 11.5 Å². The number of rotatable bonds is 3. The quantitative estimate of drug-likeness (QED) is 0.457. The third-order valence-corrected chi connectivity index (χ3v) is 5.94. The molecule has 3 aromatic rings. The number of hydrogen-bond acceptors (Lipinski definition) is 4. The van der Waals surface area contributed by atoms with Crippen LogP contribution in [0.2, 0.25) is 0 Å². The average molecular weight is 450 g/mol. The standard InChI is InChI=1S/C22H16BrN3OS/c1-15(16-10-12-17(23)13-11-16)20-21(27)26(18-7-3-2-4-8-18)22(28-20)25-19-9-5-6-14-24-19/h2-14H,1H3/b20-15-,25-22+. The summed E-state index contributed by atoms with van der Waals surface area (Å²) < 4.78 is 1.00.